The van der Waals surface area contributed by atoms with Crippen LogP contribution >= 0.6 is 0 Å². The summed E-state index contributed by atoms with van der Waals surface area (Å²) in [7, 11) is 4.05. The molecule has 0 fully saturated rings. The molecule has 0 radical (unpaired) electrons. The molecule has 0 aromatic carbocycles. The Hall–Kier alpha value is -3.82. The van der Waals surface area contributed by atoms with Gasteiger partial charge in [0.25, 0.3) is 0 Å². The monoisotopic (exact) mass is 1120 g/mol. The quantitative estimate of drug-likeness (QED) is 0.0280. The number of ether oxygens (including phenoxy) is 2. The van der Waals surface area contributed by atoms with Crippen LogP contribution in [0.2, 0.25) is 0 Å². The van der Waals surface area contributed by atoms with Crippen molar-refractivity contribution in [2.24, 2.45) is 0 Å². The first-order valence-corrected chi connectivity index (χ1v) is 33.6. The lowest BCUT2D eigenvalue weighted by Gasteiger charge is -2.43. The standard InChI is InChI=1S/C71H125N3O6/c1-7-11-15-19-23-27-29-31-33-35-37-39-41-43-47-51-62-72-70(78)71(60-54-58-68(76)79-65-52-48-44-25-21-17-13-9-3,61-55-59-69(77)80-66-53-49-45-26-22-18-14-10-4)74(64-56-63-73(5)6)67(75)57-50-46-42-40-38-36-34-32-30-28-24-20-16-12-8-2/h24,28,31-34H,7-23,25-27,29-30,35-43,46-47,50-66H2,1-6H3,(H,72,78)/b28-24-,33-31-,34-32-. The third-order valence-corrected chi connectivity index (χ3v) is 15.0. The molecule has 0 spiro atoms. The van der Waals surface area contributed by atoms with Gasteiger partial charge in [0.1, 0.15) is 18.8 Å². The summed E-state index contributed by atoms with van der Waals surface area (Å²) in [5, 5.41) is 3.32. The van der Waals surface area contributed by atoms with Gasteiger partial charge in [0.2, 0.25) is 11.8 Å². The summed E-state index contributed by atoms with van der Waals surface area (Å²) in [5.41, 5.74) is -1.25. The van der Waals surface area contributed by atoms with Crippen molar-refractivity contribution in [3.8, 4) is 23.7 Å². The highest BCUT2D eigenvalue weighted by atomic mass is 16.5. The molecule has 460 valence electrons. The van der Waals surface area contributed by atoms with Crippen LogP contribution < -0.4 is 5.32 Å². The SMILES string of the molecule is CCCCC/C=C\C/C=C\CCCCCCCC(=O)N(CCCN(C)C)C(CCCC(=O)OCCC#CCCCCCC)(CCCC(=O)OCCC#CCCCCCC)C(=O)NCCCCCCCC/C=C\CCCCCCCC. The minimum atomic E-state index is -1.25. The van der Waals surface area contributed by atoms with Gasteiger partial charge in [-0.3, -0.25) is 19.2 Å². The van der Waals surface area contributed by atoms with Gasteiger partial charge in [-0.2, -0.15) is 0 Å². The Morgan fingerprint density at radius 1 is 0.412 bits per heavy atom. The fraction of sp³-hybridized carbons (Fsp3) is 0.803. The van der Waals surface area contributed by atoms with Crippen LogP contribution in [0.3, 0.4) is 0 Å². The average Bonchev–Trinajstić information content (AvgIpc) is 3.57. The summed E-state index contributed by atoms with van der Waals surface area (Å²) in [6.07, 6.45) is 57.6. The Balaban J connectivity index is 6.19. The maximum absolute atomic E-state index is 15.1. The van der Waals surface area contributed by atoms with Crippen LogP contribution in [-0.4, -0.2) is 86.0 Å². The molecule has 0 aliphatic carbocycles. The lowest BCUT2D eigenvalue weighted by atomic mass is 9.83. The van der Waals surface area contributed by atoms with Crippen molar-refractivity contribution in [1.82, 2.24) is 15.1 Å². The number of rotatable bonds is 56. The number of amides is 2. The minimum absolute atomic E-state index is 0.0338. The highest BCUT2D eigenvalue weighted by molar-refractivity contribution is 5.91. The Morgan fingerprint density at radius 2 is 0.800 bits per heavy atom. The van der Waals surface area contributed by atoms with Crippen LogP contribution in [0.5, 0.6) is 0 Å². The highest BCUT2D eigenvalue weighted by Crippen LogP contribution is 2.32. The van der Waals surface area contributed by atoms with Crippen molar-refractivity contribution in [3.63, 3.8) is 0 Å². The van der Waals surface area contributed by atoms with Crippen molar-refractivity contribution in [2.45, 2.75) is 322 Å². The number of nitrogens with zero attached hydrogens (tertiary/aromatic N) is 2. The molecule has 0 aliphatic rings. The number of hydrogen-bond donors (Lipinski definition) is 1. The number of esters is 2. The fourth-order valence-electron chi connectivity index (χ4n) is 10.1. The summed E-state index contributed by atoms with van der Waals surface area (Å²) in [4.78, 5) is 60.5. The van der Waals surface area contributed by atoms with Gasteiger partial charge in [-0.15, -0.1) is 11.8 Å². The zero-order chi connectivity index (χ0) is 58.5. The summed E-state index contributed by atoms with van der Waals surface area (Å²) < 4.78 is 11.3. The van der Waals surface area contributed by atoms with Gasteiger partial charge >= 0.3 is 11.9 Å². The predicted molar refractivity (Wildman–Crippen MR) is 341 cm³/mol. The molecular formula is C71H125N3O6. The number of hydrogen-bond acceptors (Lipinski definition) is 7. The summed E-state index contributed by atoms with van der Waals surface area (Å²) in [6.45, 7) is 11.0. The first-order chi connectivity index (χ1) is 39.2. The lowest BCUT2D eigenvalue weighted by Crippen LogP contribution is -2.61. The van der Waals surface area contributed by atoms with E-state index in [9.17, 15) is 14.4 Å². The van der Waals surface area contributed by atoms with E-state index < -0.39 is 5.54 Å². The van der Waals surface area contributed by atoms with Crippen molar-refractivity contribution in [1.29, 1.82) is 0 Å². The maximum atomic E-state index is 15.1. The van der Waals surface area contributed by atoms with Crippen LogP contribution in [0.25, 0.3) is 0 Å². The largest absolute Gasteiger partial charge is 0.465 e. The Bertz CT molecular complexity index is 1630. The average molecular weight is 1120 g/mol. The lowest BCUT2D eigenvalue weighted by molar-refractivity contribution is -0.151. The fourth-order valence-corrected chi connectivity index (χ4v) is 10.1. The van der Waals surface area contributed by atoms with E-state index in [-0.39, 0.29) is 62.7 Å². The minimum Gasteiger partial charge on any atom is -0.465 e. The van der Waals surface area contributed by atoms with E-state index in [1.165, 1.54) is 128 Å². The Labute approximate surface area is 494 Å². The van der Waals surface area contributed by atoms with Gasteiger partial charge in [0.05, 0.1) is 0 Å². The number of nitrogens with one attached hydrogen (secondary N) is 1. The second-order valence-electron chi connectivity index (χ2n) is 22.9. The van der Waals surface area contributed by atoms with Crippen molar-refractivity contribution in [2.75, 3.05) is 46.9 Å². The Morgan fingerprint density at radius 3 is 1.27 bits per heavy atom. The molecule has 0 saturated carbocycles. The van der Waals surface area contributed by atoms with E-state index in [1.807, 2.05) is 19.0 Å². The smallest absolute Gasteiger partial charge is 0.305 e. The number of carbonyl (C=O) groups excluding carboxylic acids is 4. The van der Waals surface area contributed by atoms with E-state index in [1.54, 1.807) is 0 Å². The van der Waals surface area contributed by atoms with Gasteiger partial charge < -0.3 is 24.6 Å². The summed E-state index contributed by atoms with van der Waals surface area (Å²) in [5.74, 6) is 11.9. The number of carbonyl (C=O) groups is 4. The zero-order valence-electron chi connectivity index (χ0n) is 53.2. The Kier molecular flexibility index (Phi) is 56.9. The molecule has 0 aromatic rings. The van der Waals surface area contributed by atoms with Crippen molar-refractivity contribution >= 4 is 23.8 Å². The molecule has 0 rings (SSSR count). The molecule has 0 saturated heterocycles. The van der Waals surface area contributed by atoms with Crippen LogP contribution in [0.15, 0.2) is 36.5 Å². The number of allylic oxidation sites excluding steroid dienone is 6. The van der Waals surface area contributed by atoms with Gasteiger partial charge in [0, 0.05) is 58.0 Å². The highest BCUT2D eigenvalue weighted by Gasteiger charge is 2.45. The third-order valence-electron chi connectivity index (χ3n) is 15.0. The summed E-state index contributed by atoms with van der Waals surface area (Å²) >= 11 is 0. The van der Waals surface area contributed by atoms with E-state index >= 15 is 4.79 Å². The molecule has 9 heteroatoms. The van der Waals surface area contributed by atoms with Crippen LogP contribution in [0.4, 0.5) is 0 Å². The van der Waals surface area contributed by atoms with Crippen molar-refractivity contribution in [3.05, 3.63) is 36.5 Å². The molecule has 0 bridgehead atoms. The van der Waals surface area contributed by atoms with Crippen LogP contribution in [-0.2, 0) is 28.7 Å². The molecule has 80 heavy (non-hydrogen) atoms. The molecule has 0 unspecified atom stereocenters. The molecule has 0 aliphatic heterocycles. The first kappa shape index (κ1) is 76.2. The maximum Gasteiger partial charge on any atom is 0.305 e. The zero-order valence-corrected chi connectivity index (χ0v) is 53.2. The van der Waals surface area contributed by atoms with Crippen LogP contribution in [0.1, 0.15) is 317 Å². The van der Waals surface area contributed by atoms with Gasteiger partial charge in [-0.25, -0.2) is 0 Å². The normalized spacial score (nSPS) is 11.6. The van der Waals surface area contributed by atoms with Gasteiger partial charge in [-0.1, -0.05) is 204 Å². The van der Waals surface area contributed by atoms with Gasteiger partial charge in [-0.05, 0) is 136 Å². The van der Waals surface area contributed by atoms with E-state index in [4.69, 9.17) is 9.47 Å². The molecule has 2 amide bonds. The summed E-state index contributed by atoms with van der Waals surface area (Å²) in [6, 6.07) is 0. The van der Waals surface area contributed by atoms with Gasteiger partial charge in [0.15, 0.2) is 0 Å². The topological polar surface area (TPSA) is 105 Å². The number of unbranched alkanes of at least 4 members (excludes halogenated alkanes) is 28. The second kappa shape index (κ2) is 59.8. The first-order valence-electron chi connectivity index (χ1n) is 33.6. The second-order valence-corrected chi connectivity index (χ2v) is 22.9. The molecule has 0 aromatic heterocycles. The molecular weight excluding hydrogens is 991 g/mol. The van der Waals surface area contributed by atoms with Crippen molar-refractivity contribution < 1.29 is 28.7 Å². The predicted octanol–water partition coefficient (Wildman–Crippen LogP) is 18.6. The van der Waals surface area contributed by atoms with E-state index in [2.05, 4.69) is 98.0 Å². The van der Waals surface area contributed by atoms with E-state index in [0.717, 1.165) is 103 Å². The van der Waals surface area contributed by atoms with Crippen LogP contribution in [0, 0.1) is 23.7 Å². The molecule has 0 atom stereocenters. The van der Waals surface area contributed by atoms with E-state index in [0.29, 0.717) is 51.6 Å². The molecule has 1 N–H and O–H groups in total. The molecule has 0 heterocycles. The third kappa shape index (κ3) is 48.8. The molecule has 9 nitrogen and oxygen atoms in total.